The van der Waals surface area contributed by atoms with E-state index in [-0.39, 0.29) is 24.6 Å². The highest BCUT2D eigenvalue weighted by Gasteiger charge is 2.26. The van der Waals surface area contributed by atoms with Crippen molar-refractivity contribution in [2.45, 2.75) is 65.7 Å². The van der Waals surface area contributed by atoms with Crippen LogP contribution < -0.4 is 22.1 Å². The number of carbonyl (C=O) groups excluding carboxylic acids is 1. The van der Waals surface area contributed by atoms with E-state index in [4.69, 9.17) is 21.2 Å². The number of nitrogens with two attached hydrogens (primary N) is 2. The fourth-order valence-corrected chi connectivity index (χ4v) is 3.85. The third-order valence-electron chi connectivity index (χ3n) is 6.50. The summed E-state index contributed by atoms with van der Waals surface area (Å²) < 4.78 is 5.42. The van der Waals surface area contributed by atoms with E-state index in [0.717, 1.165) is 16.8 Å². The molecule has 0 saturated carbocycles. The minimum absolute atomic E-state index is 0.00140. The molecule has 214 valence electrons. The van der Waals surface area contributed by atoms with E-state index in [1.54, 1.807) is 12.5 Å². The average Bonchev–Trinajstić information content (AvgIpc) is 3.37. The zero-order valence-corrected chi connectivity index (χ0v) is 24.1. The van der Waals surface area contributed by atoms with Crippen LogP contribution in [0.5, 0.6) is 0 Å². The van der Waals surface area contributed by atoms with Crippen LogP contribution in [0.2, 0.25) is 0 Å². The second-order valence-corrected chi connectivity index (χ2v) is 10.3. The number of esters is 1. The fraction of sp³-hybridized carbons (Fsp3) is 0.400. The lowest BCUT2D eigenvalue weighted by molar-refractivity contribution is -0.147. The number of hydrogen-bond donors (Lipinski definition) is 4. The normalized spacial score (nSPS) is 16.8. The molecule has 3 rings (SSSR count). The SMILES string of the molecule is C=C(/N=C1\C(=C(/N)NCc2ccc(-c3ccccn3)cc2)N=CN1C(C)C)N[C@H](CC)COC(=O)C(N)C(C)C. The molecule has 2 heterocycles. The molecule has 1 aromatic heterocycles. The molecule has 10 heteroatoms. The summed E-state index contributed by atoms with van der Waals surface area (Å²) in [5, 5.41) is 6.51. The first kappa shape index (κ1) is 30.4. The van der Waals surface area contributed by atoms with Gasteiger partial charge in [-0.3, -0.25) is 9.78 Å². The predicted octanol–water partition coefficient (Wildman–Crippen LogP) is 3.48. The molecular formula is C30H42N8O2. The molecule has 0 amide bonds. The summed E-state index contributed by atoms with van der Waals surface area (Å²) in [6.07, 6.45) is 4.20. The van der Waals surface area contributed by atoms with Gasteiger partial charge < -0.3 is 31.7 Å². The van der Waals surface area contributed by atoms with Crippen LogP contribution in [0.3, 0.4) is 0 Å². The Balaban J connectivity index is 1.68. The maximum Gasteiger partial charge on any atom is 0.323 e. The van der Waals surface area contributed by atoms with Crippen molar-refractivity contribution in [3.8, 4) is 11.3 Å². The van der Waals surface area contributed by atoms with Crippen LogP contribution in [-0.4, -0.2) is 52.8 Å². The quantitative estimate of drug-likeness (QED) is 0.280. The standard InChI is InChI=1S/C30H42N8O2/c1-7-24(17-40-30(39)26(31)19(2)3)36-21(6)37-29-27(35-18-38(29)20(4)5)28(32)34-16-22-11-13-23(14-12-22)25-10-8-9-15-33-25/h8-15,18-20,24,26,34,36H,6-7,16-17,31-32H2,1-5H3/b28-27-,37-29+/t24-,26?/m1/s1. The molecule has 0 aliphatic carbocycles. The van der Waals surface area contributed by atoms with E-state index in [0.29, 0.717) is 36.1 Å². The van der Waals surface area contributed by atoms with Crippen LogP contribution in [0.15, 0.2) is 82.6 Å². The zero-order chi connectivity index (χ0) is 29.2. The van der Waals surface area contributed by atoms with Crippen molar-refractivity contribution in [2.24, 2.45) is 27.4 Å². The highest BCUT2D eigenvalue weighted by atomic mass is 16.5. The van der Waals surface area contributed by atoms with Gasteiger partial charge in [-0.2, -0.15) is 0 Å². The first-order valence-electron chi connectivity index (χ1n) is 13.6. The van der Waals surface area contributed by atoms with Crippen LogP contribution in [0, 0.1) is 5.92 Å². The maximum atomic E-state index is 12.2. The molecule has 2 atom stereocenters. The molecule has 1 aliphatic heterocycles. The molecule has 0 spiro atoms. The van der Waals surface area contributed by atoms with E-state index < -0.39 is 12.0 Å². The molecule has 0 bridgehead atoms. The van der Waals surface area contributed by atoms with E-state index in [9.17, 15) is 4.79 Å². The van der Waals surface area contributed by atoms with E-state index in [1.807, 2.05) is 82.0 Å². The molecule has 40 heavy (non-hydrogen) atoms. The topological polar surface area (TPSA) is 143 Å². The number of pyridine rings is 1. The smallest absolute Gasteiger partial charge is 0.323 e. The van der Waals surface area contributed by atoms with Crippen molar-refractivity contribution < 1.29 is 9.53 Å². The van der Waals surface area contributed by atoms with Gasteiger partial charge in [-0.05, 0) is 43.9 Å². The van der Waals surface area contributed by atoms with Gasteiger partial charge in [0.1, 0.15) is 30.0 Å². The molecule has 0 radical (unpaired) electrons. The first-order valence-corrected chi connectivity index (χ1v) is 13.6. The molecule has 6 N–H and O–H groups in total. The van der Waals surface area contributed by atoms with E-state index >= 15 is 0 Å². The predicted molar refractivity (Wildman–Crippen MR) is 161 cm³/mol. The number of amidine groups is 1. The second-order valence-electron chi connectivity index (χ2n) is 10.3. The fourth-order valence-electron chi connectivity index (χ4n) is 3.85. The van der Waals surface area contributed by atoms with Gasteiger partial charge >= 0.3 is 5.97 Å². The molecule has 0 fully saturated rings. The van der Waals surface area contributed by atoms with Crippen LogP contribution in [-0.2, 0) is 16.1 Å². The summed E-state index contributed by atoms with van der Waals surface area (Å²) in [6.45, 7) is 14.6. The van der Waals surface area contributed by atoms with Crippen molar-refractivity contribution in [3.63, 3.8) is 0 Å². The second kappa shape index (κ2) is 14.3. The number of aromatic nitrogens is 1. The highest BCUT2D eigenvalue weighted by Crippen LogP contribution is 2.19. The van der Waals surface area contributed by atoms with E-state index in [2.05, 4.69) is 27.2 Å². The summed E-state index contributed by atoms with van der Waals surface area (Å²) >= 11 is 0. The third-order valence-corrected chi connectivity index (χ3v) is 6.50. The Labute approximate surface area is 237 Å². The number of ether oxygens (including phenoxy) is 1. The lowest BCUT2D eigenvalue weighted by Gasteiger charge is -2.23. The Hall–Kier alpha value is -4.18. The lowest BCUT2D eigenvalue weighted by atomic mass is 10.1. The Morgan fingerprint density at radius 2 is 1.88 bits per heavy atom. The molecule has 10 nitrogen and oxygen atoms in total. The number of nitrogens with one attached hydrogen (secondary N) is 2. The van der Waals surface area contributed by atoms with Crippen molar-refractivity contribution >= 4 is 18.1 Å². The van der Waals surface area contributed by atoms with Crippen molar-refractivity contribution in [1.82, 2.24) is 20.5 Å². The Morgan fingerprint density at radius 3 is 2.48 bits per heavy atom. The van der Waals surface area contributed by atoms with Crippen molar-refractivity contribution in [1.29, 1.82) is 0 Å². The summed E-state index contributed by atoms with van der Waals surface area (Å²) in [5.41, 5.74) is 15.9. The van der Waals surface area contributed by atoms with Gasteiger partial charge in [0, 0.05) is 24.3 Å². The van der Waals surface area contributed by atoms with Gasteiger partial charge in [0.05, 0.1) is 18.1 Å². The van der Waals surface area contributed by atoms with Crippen molar-refractivity contribution in [3.05, 3.63) is 78.1 Å². The molecule has 1 aliphatic rings. The number of nitrogens with zero attached hydrogens (tertiary/aromatic N) is 4. The molecule has 1 unspecified atom stereocenters. The maximum absolute atomic E-state index is 12.2. The number of carbonyl (C=O) groups is 1. The molecule has 1 aromatic carbocycles. The summed E-state index contributed by atoms with van der Waals surface area (Å²) in [4.78, 5) is 27.8. The molecule has 0 saturated heterocycles. The molecule has 2 aromatic rings. The van der Waals surface area contributed by atoms with Crippen molar-refractivity contribution in [2.75, 3.05) is 6.61 Å². The Bertz CT molecular complexity index is 1240. The van der Waals surface area contributed by atoms with Gasteiger partial charge in [-0.15, -0.1) is 0 Å². The van der Waals surface area contributed by atoms with Crippen LogP contribution in [0.25, 0.3) is 11.3 Å². The highest BCUT2D eigenvalue weighted by molar-refractivity contribution is 6.09. The Morgan fingerprint density at radius 1 is 1.15 bits per heavy atom. The number of benzene rings is 1. The van der Waals surface area contributed by atoms with Gasteiger partial charge in [-0.25, -0.2) is 9.98 Å². The monoisotopic (exact) mass is 546 g/mol. The lowest BCUT2D eigenvalue weighted by Crippen LogP contribution is -2.40. The molecular weight excluding hydrogens is 504 g/mol. The average molecular weight is 547 g/mol. The van der Waals surface area contributed by atoms with Crippen LogP contribution >= 0.6 is 0 Å². The Kier molecular flexibility index (Phi) is 10.8. The first-order chi connectivity index (χ1) is 19.1. The number of aliphatic imine (C=N–C) groups is 2. The van der Waals surface area contributed by atoms with Gasteiger partial charge in [0.2, 0.25) is 0 Å². The largest absolute Gasteiger partial charge is 0.462 e. The van der Waals surface area contributed by atoms with Crippen LogP contribution in [0.4, 0.5) is 0 Å². The summed E-state index contributed by atoms with van der Waals surface area (Å²) in [5.74, 6) is 0.983. The van der Waals surface area contributed by atoms with Gasteiger partial charge in [0.25, 0.3) is 0 Å². The summed E-state index contributed by atoms with van der Waals surface area (Å²) in [6, 6.07) is 13.3. The van der Waals surface area contributed by atoms with Gasteiger partial charge in [0.15, 0.2) is 5.84 Å². The number of rotatable bonds is 13. The minimum Gasteiger partial charge on any atom is -0.462 e. The van der Waals surface area contributed by atoms with Gasteiger partial charge in [-0.1, -0.05) is 57.7 Å². The zero-order valence-electron chi connectivity index (χ0n) is 24.1. The number of hydrogen-bond acceptors (Lipinski definition) is 9. The van der Waals surface area contributed by atoms with E-state index in [1.165, 1.54) is 0 Å². The minimum atomic E-state index is -0.654. The third kappa shape index (κ3) is 8.16. The van der Waals surface area contributed by atoms with Crippen LogP contribution in [0.1, 0.15) is 46.6 Å². The summed E-state index contributed by atoms with van der Waals surface area (Å²) in [7, 11) is 0.